The Morgan fingerprint density at radius 3 is 2.52 bits per heavy atom. The van der Waals surface area contributed by atoms with Crippen LogP contribution in [0.5, 0.6) is 5.75 Å². The van der Waals surface area contributed by atoms with Crippen molar-refractivity contribution in [2.24, 2.45) is 0 Å². The maximum absolute atomic E-state index is 12.5. The molecule has 0 bridgehead atoms. The second-order valence-corrected chi connectivity index (χ2v) is 7.40. The van der Waals surface area contributed by atoms with Gasteiger partial charge in [0.1, 0.15) is 6.61 Å². The molecule has 0 aliphatic carbocycles. The van der Waals surface area contributed by atoms with Crippen LogP contribution in [-0.4, -0.2) is 28.9 Å². The number of nitrogens with two attached hydrogens (primary N) is 1. The molecule has 0 radical (unpaired) electrons. The molecule has 0 unspecified atom stereocenters. The molecule has 0 spiro atoms. The first-order valence-corrected chi connectivity index (χ1v) is 9.94. The van der Waals surface area contributed by atoms with Crippen molar-refractivity contribution in [3.05, 3.63) is 77.5 Å². The van der Waals surface area contributed by atoms with Gasteiger partial charge in [0, 0.05) is 30.4 Å². The third kappa shape index (κ3) is 4.24. The molecule has 1 fully saturated rings. The number of anilines is 1. The van der Waals surface area contributed by atoms with Crippen LogP contribution in [-0.2, 0) is 6.61 Å². The number of hydrogen-bond donors (Lipinski definition) is 1. The number of nitrogen functional groups attached to an aromatic ring is 1. The first-order valence-electron chi connectivity index (χ1n) is 9.94. The molecule has 5 heteroatoms. The van der Waals surface area contributed by atoms with Gasteiger partial charge in [-0.3, -0.25) is 4.79 Å². The van der Waals surface area contributed by atoms with Crippen molar-refractivity contribution in [1.29, 1.82) is 0 Å². The number of amides is 1. The third-order valence-electron chi connectivity index (χ3n) is 5.38. The Hall–Kier alpha value is -3.34. The molecule has 29 heavy (non-hydrogen) atoms. The summed E-state index contributed by atoms with van der Waals surface area (Å²) in [6, 6.07) is 17.6. The van der Waals surface area contributed by atoms with E-state index in [0.29, 0.717) is 18.2 Å². The summed E-state index contributed by atoms with van der Waals surface area (Å²) >= 11 is 0. The van der Waals surface area contributed by atoms with E-state index in [0.717, 1.165) is 48.2 Å². The number of likely N-dealkylation sites (tertiary alicyclic amines) is 1. The number of benzene rings is 2. The monoisotopic (exact) mass is 387 g/mol. The lowest BCUT2D eigenvalue weighted by Gasteiger charge is -2.15. The Balaban J connectivity index is 1.50. The van der Waals surface area contributed by atoms with E-state index in [4.69, 9.17) is 10.5 Å². The molecule has 0 atom stereocenters. The fraction of sp³-hybridized carbons (Fsp3) is 0.250. The number of aryl methyl sites for hydroxylation is 1. The van der Waals surface area contributed by atoms with E-state index in [1.807, 2.05) is 53.4 Å². The highest BCUT2D eigenvalue weighted by atomic mass is 16.5. The fourth-order valence-electron chi connectivity index (χ4n) is 3.56. The van der Waals surface area contributed by atoms with Crippen molar-refractivity contribution in [2.75, 3.05) is 18.8 Å². The van der Waals surface area contributed by atoms with Gasteiger partial charge in [-0.1, -0.05) is 36.4 Å². The summed E-state index contributed by atoms with van der Waals surface area (Å²) in [7, 11) is 0. The number of hydrogen-bond acceptors (Lipinski definition) is 4. The number of rotatable bonds is 5. The Morgan fingerprint density at radius 2 is 1.79 bits per heavy atom. The second kappa shape index (κ2) is 8.35. The Morgan fingerprint density at radius 1 is 1.07 bits per heavy atom. The van der Waals surface area contributed by atoms with Crippen LogP contribution in [0.2, 0.25) is 0 Å². The van der Waals surface area contributed by atoms with E-state index in [1.165, 1.54) is 5.56 Å². The topological polar surface area (TPSA) is 68.5 Å². The predicted molar refractivity (Wildman–Crippen MR) is 115 cm³/mol. The van der Waals surface area contributed by atoms with Crippen molar-refractivity contribution in [3.8, 4) is 16.9 Å². The van der Waals surface area contributed by atoms with Crippen LogP contribution in [0.1, 0.15) is 34.3 Å². The van der Waals surface area contributed by atoms with E-state index in [2.05, 4.69) is 18.0 Å². The first kappa shape index (κ1) is 19.0. The summed E-state index contributed by atoms with van der Waals surface area (Å²) in [4.78, 5) is 18.7. The number of ether oxygens (including phenoxy) is 1. The highest BCUT2D eigenvalue weighted by Crippen LogP contribution is 2.28. The Bertz CT molecular complexity index is 1010. The predicted octanol–water partition coefficient (Wildman–Crippen LogP) is 4.45. The van der Waals surface area contributed by atoms with Crippen molar-refractivity contribution in [2.45, 2.75) is 26.4 Å². The lowest BCUT2D eigenvalue weighted by molar-refractivity contribution is 0.0793. The molecule has 2 aromatic carbocycles. The minimum absolute atomic E-state index is 0.103. The highest BCUT2D eigenvalue weighted by molar-refractivity contribution is 5.94. The summed E-state index contributed by atoms with van der Waals surface area (Å²) in [5.41, 5.74) is 10.9. The summed E-state index contributed by atoms with van der Waals surface area (Å²) in [5, 5.41) is 0. The Kier molecular flexibility index (Phi) is 5.47. The molecular formula is C24H25N3O2. The quantitative estimate of drug-likeness (QED) is 0.702. The first-order chi connectivity index (χ1) is 14.1. The molecule has 1 aliphatic heterocycles. The van der Waals surface area contributed by atoms with Crippen molar-refractivity contribution < 1.29 is 9.53 Å². The maximum Gasteiger partial charge on any atom is 0.253 e. The number of nitrogens with zero attached hydrogens (tertiary/aromatic N) is 2. The van der Waals surface area contributed by atoms with E-state index in [-0.39, 0.29) is 5.91 Å². The molecular weight excluding hydrogens is 362 g/mol. The summed E-state index contributed by atoms with van der Waals surface area (Å²) < 4.78 is 5.95. The minimum atomic E-state index is 0.103. The van der Waals surface area contributed by atoms with Crippen LogP contribution < -0.4 is 10.5 Å². The van der Waals surface area contributed by atoms with Crippen molar-refractivity contribution >= 4 is 11.7 Å². The van der Waals surface area contributed by atoms with Gasteiger partial charge in [-0.2, -0.15) is 0 Å². The molecule has 0 saturated carbocycles. The van der Waals surface area contributed by atoms with E-state index < -0.39 is 0 Å². The Labute approximate surface area is 171 Å². The van der Waals surface area contributed by atoms with E-state index in [1.54, 1.807) is 6.20 Å². The molecule has 2 heterocycles. The van der Waals surface area contributed by atoms with Crippen molar-refractivity contribution in [1.82, 2.24) is 9.88 Å². The summed E-state index contributed by atoms with van der Waals surface area (Å²) in [5.74, 6) is 1.03. The van der Waals surface area contributed by atoms with Crippen LogP contribution >= 0.6 is 0 Å². The smallest absolute Gasteiger partial charge is 0.253 e. The summed E-state index contributed by atoms with van der Waals surface area (Å²) in [6.07, 6.45) is 3.91. The van der Waals surface area contributed by atoms with Crippen LogP contribution in [0, 0.1) is 6.92 Å². The zero-order valence-corrected chi connectivity index (χ0v) is 16.6. The van der Waals surface area contributed by atoms with Gasteiger partial charge in [-0.15, -0.1) is 0 Å². The van der Waals surface area contributed by atoms with Gasteiger partial charge in [0.15, 0.2) is 11.6 Å². The van der Waals surface area contributed by atoms with Gasteiger partial charge in [0.2, 0.25) is 0 Å². The highest BCUT2D eigenvalue weighted by Gasteiger charge is 2.19. The van der Waals surface area contributed by atoms with Crippen molar-refractivity contribution in [3.63, 3.8) is 0 Å². The van der Waals surface area contributed by atoms with Gasteiger partial charge in [0.05, 0.1) is 0 Å². The standard InChI is InChI=1S/C24H25N3O2/c1-17-6-2-3-7-20(17)16-29-22-14-21(15-26-23(22)25)18-8-10-19(11-9-18)24(28)27-12-4-5-13-27/h2-3,6-11,14-15H,4-5,12-13,16H2,1H3,(H2,25,26). The van der Waals surface area contributed by atoms with E-state index in [9.17, 15) is 4.79 Å². The van der Waals surface area contributed by atoms with Gasteiger partial charge >= 0.3 is 0 Å². The number of carbonyl (C=O) groups excluding carboxylic acids is 1. The lowest BCUT2D eigenvalue weighted by atomic mass is 10.0. The zero-order valence-electron chi connectivity index (χ0n) is 16.6. The van der Waals surface area contributed by atoms with Gasteiger partial charge in [-0.05, 0) is 54.7 Å². The van der Waals surface area contributed by atoms with Crippen LogP contribution in [0.15, 0.2) is 60.8 Å². The normalized spacial score (nSPS) is 13.5. The van der Waals surface area contributed by atoms with Gasteiger partial charge in [-0.25, -0.2) is 4.98 Å². The molecule has 148 valence electrons. The zero-order chi connectivity index (χ0) is 20.2. The minimum Gasteiger partial charge on any atom is -0.485 e. The van der Waals surface area contributed by atoms with Crippen LogP contribution in [0.25, 0.3) is 11.1 Å². The number of pyridine rings is 1. The fourth-order valence-corrected chi connectivity index (χ4v) is 3.56. The van der Waals surface area contributed by atoms with Crippen LogP contribution in [0.4, 0.5) is 5.82 Å². The molecule has 2 N–H and O–H groups in total. The van der Waals surface area contributed by atoms with Gasteiger partial charge < -0.3 is 15.4 Å². The molecule has 4 rings (SSSR count). The van der Waals surface area contributed by atoms with Crippen LogP contribution in [0.3, 0.4) is 0 Å². The molecule has 1 aliphatic rings. The molecule has 5 nitrogen and oxygen atoms in total. The molecule has 3 aromatic rings. The molecule has 1 saturated heterocycles. The maximum atomic E-state index is 12.5. The SMILES string of the molecule is Cc1ccccc1COc1cc(-c2ccc(C(=O)N3CCCC3)cc2)cnc1N. The summed E-state index contributed by atoms with van der Waals surface area (Å²) in [6.45, 7) is 4.20. The number of aromatic nitrogens is 1. The largest absolute Gasteiger partial charge is 0.485 e. The average Bonchev–Trinajstić information content (AvgIpc) is 3.29. The average molecular weight is 387 g/mol. The molecule has 1 aromatic heterocycles. The van der Waals surface area contributed by atoms with Gasteiger partial charge in [0.25, 0.3) is 5.91 Å². The lowest BCUT2D eigenvalue weighted by Crippen LogP contribution is -2.27. The van der Waals surface area contributed by atoms with E-state index >= 15 is 0 Å². The molecule has 1 amide bonds. The third-order valence-corrected chi connectivity index (χ3v) is 5.38. The number of carbonyl (C=O) groups is 1. The second-order valence-electron chi connectivity index (χ2n) is 7.40.